The van der Waals surface area contributed by atoms with Crippen LogP contribution in [-0.2, 0) is 6.42 Å². The average molecular weight is 309 g/mol. The Hall–Kier alpha value is -1.94. The summed E-state index contributed by atoms with van der Waals surface area (Å²) in [4.78, 5) is 4.90. The summed E-state index contributed by atoms with van der Waals surface area (Å²) in [6.07, 6.45) is 1.88. The predicted octanol–water partition coefficient (Wildman–Crippen LogP) is 4.39. The van der Waals surface area contributed by atoms with Crippen LogP contribution in [0.4, 0.5) is 0 Å². The van der Waals surface area contributed by atoms with Gasteiger partial charge >= 0.3 is 0 Å². The molecule has 4 rings (SSSR count). The molecule has 0 aliphatic heterocycles. The Morgan fingerprint density at radius 3 is 2.77 bits per heavy atom. The fraction of sp³-hybridized carbons (Fsp3) is 0.333. The molecule has 0 radical (unpaired) electrons. The van der Waals surface area contributed by atoms with E-state index in [0.29, 0.717) is 0 Å². The van der Waals surface area contributed by atoms with E-state index in [1.165, 1.54) is 25.7 Å². The molecule has 3 nitrogen and oxygen atoms in total. The van der Waals surface area contributed by atoms with Gasteiger partial charge in [0.05, 0.1) is 21.8 Å². The lowest BCUT2D eigenvalue weighted by atomic mass is 9.74. The highest BCUT2D eigenvalue weighted by Crippen LogP contribution is 2.43. The van der Waals surface area contributed by atoms with Gasteiger partial charge in [0, 0.05) is 21.0 Å². The number of fused-ring (bicyclic) bond motifs is 5. The quantitative estimate of drug-likeness (QED) is 0.494. The Bertz CT molecular complexity index is 934. The van der Waals surface area contributed by atoms with Gasteiger partial charge in [0.1, 0.15) is 0 Å². The van der Waals surface area contributed by atoms with Crippen molar-refractivity contribution in [1.82, 2.24) is 4.98 Å². The van der Waals surface area contributed by atoms with E-state index in [0.717, 1.165) is 29.9 Å². The van der Waals surface area contributed by atoms with Gasteiger partial charge in [-0.25, -0.2) is 0 Å². The smallest absolute Gasteiger partial charge is 0.0703 e. The van der Waals surface area contributed by atoms with Gasteiger partial charge in [-0.1, -0.05) is 32.0 Å². The largest absolute Gasteiger partial charge is 0.323 e. The molecule has 22 heavy (non-hydrogen) atoms. The minimum absolute atomic E-state index is 0.157. The van der Waals surface area contributed by atoms with Gasteiger partial charge in [-0.15, -0.1) is 11.3 Å². The highest BCUT2D eigenvalue weighted by atomic mass is 32.1. The van der Waals surface area contributed by atoms with Crippen molar-refractivity contribution in [2.45, 2.75) is 33.6 Å². The molecule has 2 N–H and O–H groups in total. The summed E-state index contributed by atoms with van der Waals surface area (Å²) in [6, 6.07) is 8.57. The van der Waals surface area contributed by atoms with Crippen LogP contribution in [0, 0.1) is 12.3 Å². The van der Waals surface area contributed by atoms with E-state index in [2.05, 4.69) is 50.1 Å². The summed E-state index contributed by atoms with van der Waals surface area (Å²) < 4.78 is 2.57. The van der Waals surface area contributed by atoms with Gasteiger partial charge in [-0.2, -0.15) is 5.10 Å². The standard InChI is InChI=1S/C18H19N3S/c1-10-17-15(11-6-4-5-7-14(11)22-17)16-12(20-10)8-18(2,3)9-13(16)21-19/h4-7H,8-9,19H2,1-3H3. The number of rotatable bonds is 0. The molecule has 0 saturated heterocycles. The second kappa shape index (κ2) is 4.53. The van der Waals surface area contributed by atoms with Crippen molar-refractivity contribution in [3.8, 4) is 0 Å². The molecule has 0 spiro atoms. The number of benzene rings is 1. The first kappa shape index (κ1) is 13.7. The van der Waals surface area contributed by atoms with Gasteiger partial charge in [0.25, 0.3) is 0 Å². The molecule has 0 atom stereocenters. The number of nitrogens with zero attached hydrogens (tertiary/aromatic N) is 2. The van der Waals surface area contributed by atoms with E-state index in [1.807, 2.05) is 11.3 Å². The number of thiophene rings is 1. The van der Waals surface area contributed by atoms with Gasteiger partial charge in [0.2, 0.25) is 0 Å². The molecule has 0 saturated carbocycles. The maximum atomic E-state index is 5.74. The summed E-state index contributed by atoms with van der Waals surface area (Å²) in [7, 11) is 0. The van der Waals surface area contributed by atoms with E-state index >= 15 is 0 Å². The Balaban J connectivity index is 2.19. The highest BCUT2D eigenvalue weighted by Gasteiger charge is 2.33. The SMILES string of the molecule is Cc1nc2c(c3c1sc1ccccc13)C(=NN)CC(C)(C)C2. The molecule has 0 unspecified atom stereocenters. The van der Waals surface area contributed by atoms with Gasteiger partial charge in [-0.05, 0) is 31.2 Å². The third-order valence-corrected chi connectivity index (χ3v) is 5.78. The van der Waals surface area contributed by atoms with Crippen LogP contribution < -0.4 is 5.84 Å². The molecule has 2 aromatic heterocycles. The van der Waals surface area contributed by atoms with Crippen molar-refractivity contribution in [1.29, 1.82) is 0 Å². The Morgan fingerprint density at radius 1 is 1.23 bits per heavy atom. The average Bonchev–Trinajstić information content (AvgIpc) is 2.85. The maximum absolute atomic E-state index is 5.74. The first-order valence-corrected chi connectivity index (χ1v) is 8.40. The topological polar surface area (TPSA) is 51.3 Å². The van der Waals surface area contributed by atoms with Crippen LogP contribution >= 0.6 is 11.3 Å². The summed E-state index contributed by atoms with van der Waals surface area (Å²) in [5, 5.41) is 6.72. The molecule has 3 aromatic rings. The zero-order valence-electron chi connectivity index (χ0n) is 13.1. The summed E-state index contributed by atoms with van der Waals surface area (Å²) >= 11 is 1.82. The first-order chi connectivity index (χ1) is 10.5. The van der Waals surface area contributed by atoms with Crippen LogP contribution in [0.1, 0.15) is 37.2 Å². The minimum atomic E-state index is 0.157. The maximum Gasteiger partial charge on any atom is 0.0703 e. The van der Waals surface area contributed by atoms with Crippen LogP contribution in [0.25, 0.3) is 20.2 Å². The number of hydrogen-bond acceptors (Lipinski definition) is 4. The normalized spacial score (nSPS) is 19.0. The molecule has 0 amide bonds. The van der Waals surface area contributed by atoms with Crippen LogP contribution in [0.15, 0.2) is 29.4 Å². The molecule has 1 aromatic carbocycles. The Morgan fingerprint density at radius 2 is 2.00 bits per heavy atom. The van der Waals surface area contributed by atoms with Crippen molar-refractivity contribution in [2.75, 3.05) is 0 Å². The van der Waals surface area contributed by atoms with Crippen molar-refractivity contribution >= 4 is 37.2 Å². The monoisotopic (exact) mass is 309 g/mol. The third kappa shape index (κ3) is 1.87. The predicted molar refractivity (Wildman–Crippen MR) is 94.7 cm³/mol. The number of pyridine rings is 1. The second-order valence-electron chi connectivity index (χ2n) is 6.91. The molecule has 1 aliphatic carbocycles. The van der Waals surface area contributed by atoms with Gasteiger partial charge < -0.3 is 5.84 Å². The fourth-order valence-electron chi connectivity index (χ4n) is 3.61. The highest BCUT2D eigenvalue weighted by molar-refractivity contribution is 7.26. The van der Waals surface area contributed by atoms with Crippen LogP contribution in [0.5, 0.6) is 0 Å². The molecule has 0 fully saturated rings. The van der Waals surface area contributed by atoms with Gasteiger partial charge in [-0.3, -0.25) is 4.98 Å². The molecule has 0 bridgehead atoms. The number of hydrogen-bond donors (Lipinski definition) is 1. The summed E-state index contributed by atoms with van der Waals surface area (Å²) in [5.41, 5.74) is 4.59. The molecule has 1 aliphatic rings. The zero-order chi connectivity index (χ0) is 15.5. The van der Waals surface area contributed by atoms with E-state index in [9.17, 15) is 0 Å². The Kier molecular flexibility index (Phi) is 2.82. The lowest BCUT2D eigenvalue weighted by molar-refractivity contribution is 0.368. The van der Waals surface area contributed by atoms with Gasteiger partial charge in [0.15, 0.2) is 0 Å². The lowest BCUT2D eigenvalue weighted by Gasteiger charge is -2.32. The van der Waals surface area contributed by atoms with Crippen LogP contribution in [0.3, 0.4) is 0 Å². The molecule has 112 valence electrons. The minimum Gasteiger partial charge on any atom is -0.323 e. The summed E-state index contributed by atoms with van der Waals surface area (Å²) in [6.45, 7) is 6.63. The number of hydrazone groups is 1. The number of aryl methyl sites for hydroxylation is 1. The number of aromatic nitrogens is 1. The molecule has 4 heteroatoms. The fourth-order valence-corrected chi connectivity index (χ4v) is 4.76. The zero-order valence-corrected chi connectivity index (χ0v) is 13.9. The molecule has 2 heterocycles. The lowest BCUT2D eigenvalue weighted by Crippen LogP contribution is -2.29. The Labute approximate surface area is 133 Å². The molecular formula is C18H19N3S. The van der Waals surface area contributed by atoms with E-state index in [-0.39, 0.29) is 5.41 Å². The van der Waals surface area contributed by atoms with Crippen LogP contribution in [-0.4, -0.2) is 10.7 Å². The van der Waals surface area contributed by atoms with Crippen molar-refractivity contribution < 1.29 is 0 Å². The number of nitrogens with two attached hydrogens (primary N) is 1. The van der Waals surface area contributed by atoms with E-state index in [1.54, 1.807) is 0 Å². The van der Waals surface area contributed by atoms with E-state index in [4.69, 9.17) is 10.8 Å². The van der Waals surface area contributed by atoms with E-state index < -0.39 is 0 Å². The van der Waals surface area contributed by atoms with Crippen LogP contribution in [0.2, 0.25) is 0 Å². The van der Waals surface area contributed by atoms with Crippen molar-refractivity contribution in [2.24, 2.45) is 16.4 Å². The van der Waals surface area contributed by atoms with Crippen molar-refractivity contribution in [3.63, 3.8) is 0 Å². The third-order valence-electron chi connectivity index (χ3n) is 4.50. The van der Waals surface area contributed by atoms with Crippen molar-refractivity contribution in [3.05, 3.63) is 41.2 Å². The molecular weight excluding hydrogens is 290 g/mol. The summed E-state index contributed by atoms with van der Waals surface area (Å²) in [5.74, 6) is 5.74. The second-order valence-corrected chi connectivity index (χ2v) is 7.97. The first-order valence-electron chi connectivity index (χ1n) is 7.58.